The van der Waals surface area contributed by atoms with Gasteiger partial charge in [0.2, 0.25) is 0 Å². The first-order valence-corrected chi connectivity index (χ1v) is 11.8. The Bertz CT molecular complexity index is 1330. The zero-order chi connectivity index (χ0) is 23.4. The van der Waals surface area contributed by atoms with E-state index in [1.54, 1.807) is 16.9 Å². The van der Waals surface area contributed by atoms with E-state index in [0.29, 0.717) is 49.6 Å². The van der Waals surface area contributed by atoms with Crippen LogP contribution < -0.4 is 14.4 Å². The van der Waals surface area contributed by atoms with Gasteiger partial charge >= 0.3 is 0 Å². The zero-order valence-electron chi connectivity index (χ0n) is 18.1. The summed E-state index contributed by atoms with van der Waals surface area (Å²) in [6.07, 6.45) is 10.2. The maximum absolute atomic E-state index is 12.2. The van der Waals surface area contributed by atoms with E-state index in [-0.39, 0.29) is 6.54 Å². The zero-order valence-corrected chi connectivity index (χ0v) is 18.9. The predicted molar refractivity (Wildman–Crippen MR) is 124 cm³/mol. The molecule has 0 atom stereocenters. The van der Waals surface area contributed by atoms with Gasteiger partial charge in [-0.2, -0.15) is 27.8 Å². The fourth-order valence-corrected chi connectivity index (χ4v) is 4.85. The second-order valence-corrected chi connectivity index (χ2v) is 9.06. The molecule has 11 heteroatoms. The minimum absolute atomic E-state index is 0.0337. The number of ether oxygens (including phenoxy) is 1. The number of nitrogens with zero attached hydrogens (tertiary/aromatic N) is 6. The van der Waals surface area contributed by atoms with Crippen molar-refractivity contribution in [1.29, 1.82) is 5.26 Å². The van der Waals surface area contributed by atoms with Crippen LogP contribution in [0.5, 0.6) is 5.75 Å². The summed E-state index contributed by atoms with van der Waals surface area (Å²) in [5, 5.41) is 13.8. The molecule has 170 valence electrons. The SMILES string of the molecule is C#CCNS(=O)(=O)N1CCN(c2ccc(-c3cc(OCC)cn4ncc(C#N)c34)cn2)CC1. The minimum atomic E-state index is -3.58. The van der Waals surface area contributed by atoms with E-state index in [1.165, 1.54) is 10.5 Å². The second-order valence-electron chi connectivity index (χ2n) is 7.31. The van der Waals surface area contributed by atoms with Gasteiger partial charge in [-0.1, -0.05) is 5.92 Å². The second kappa shape index (κ2) is 9.46. The lowest BCUT2D eigenvalue weighted by atomic mass is 10.1. The summed E-state index contributed by atoms with van der Waals surface area (Å²) in [7, 11) is -3.58. The molecule has 0 amide bonds. The van der Waals surface area contributed by atoms with Gasteiger partial charge in [-0.25, -0.2) is 9.50 Å². The molecule has 0 spiro atoms. The lowest BCUT2D eigenvalue weighted by Gasteiger charge is -2.34. The largest absolute Gasteiger partial charge is 0.492 e. The van der Waals surface area contributed by atoms with Crippen molar-refractivity contribution in [3.05, 3.63) is 42.4 Å². The summed E-state index contributed by atoms with van der Waals surface area (Å²) in [4.78, 5) is 6.63. The van der Waals surface area contributed by atoms with E-state index < -0.39 is 10.2 Å². The third-order valence-electron chi connectivity index (χ3n) is 5.34. The monoisotopic (exact) mass is 465 g/mol. The van der Waals surface area contributed by atoms with Gasteiger partial charge in [0.05, 0.1) is 36.6 Å². The van der Waals surface area contributed by atoms with E-state index in [1.807, 2.05) is 30.0 Å². The van der Waals surface area contributed by atoms with Crippen molar-refractivity contribution in [2.45, 2.75) is 6.92 Å². The Hall–Kier alpha value is -3.64. The van der Waals surface area contributed by atoms with Gasteiger partial charge in [0.15, 0.2) is 0 Å². The molecule has 4 rings (SSSR count). The van der Waals surface area contributed by atoms with Crippen molar-refractivity contribution in [3.8, 4) is 35.3 Å². The van der Waals surface area contributed by atoms with Crippen LogP contribution >= 0.6 is 0 Å². The molecule has 4 heterocycles. The van der Waals surface area contributed by atoms with Crippen LogP contribution in [0.1, 0.15) is 12.5 Å². The Balaban J connectivity index is 1.55. The topological polar surface area (TPSA) is 116 Å². The average molecular weight is 466 g/mol. The molecular weight excluding hydrogens is 442 g/mol. The number of piperazine rings is 1. The van der Waals surface area contributed by atoms with Gasteiger partial charge in [-0.05, 0) is 25.1 Å². The number of nitrogens with one attached hydrogen (secondary N) is 1. The van der Waals surface area contributed by atoms with E-state index in [0.717, 1.165) is 16.9 Å². The van der Waals surface area contributed by atoms with Crippen LogP contribution in [0.3, 0.4) is 0 Å². The van der Waals surface area contributed by atoms with Crippen molar-refractivity contribution in [2.75, 3.05) is 44.2 Å². The fraction of sp³-hybridized carbons (Fsp3) is 0.318. The number of anilines is 1. The maximum atomic E-state index is 12.2. The first kappa shape index (κ1) is 22.6. The molecule has 3 aromatic heterocycles. The first-order valence-electron chi connectivity index (χ1n) is 10.4. The lowest BCUT2D eigenvalue weighted by Crippen LogP contribution is -2.52. The number of rotatable bonds is 7. The molecule has 1 aliphatic heterocycles. The standard InChI is InChI=1S/C22H23N7O3S/c1-3-7-26-33(30,31)28-10-8-27(9-11-28)21-6-5-17(14-24-21)20-12-19(32-4-2)16-29-22(20)18(13-23)15-25-29/h1,5-6,12,14-16,26H,4,7-11H2,2H3. The summed E-state index contributed by atoms with van der Waals surface area (Å²) in [6.45, 7) is 4.06. The Morgan fingerprint density at radius 3 is 2.67 bits per heavy atom. The maximum Gasteiger partial charge on any atom is 0.280 e. The van der Waals surface area contributed by atoms with Crippen LogP contribution in [0.4, 0.5) is 5.82 Å². The minimum Gasteiger partial charge on any atom is -0.492 e. The van der Waals surface area contributed by atoms with Crippen LogP contribution in [0.25, 0.3) is 16.6 Å². The van der Waals surface area contributed by atoms with Gasteiger partial charge in [0.1, 0.15) is 17.6 Å². The summed E-state index contributed by atoms with van der Waals surface area (Å²) >= 11 is 0. The normalized spacial score (nSPS) is 14.7. The summed E-state index contributed by atoms with van der Waals surface area (Å²) in [5.74, 6) is 3.67. The van der Waals surface area contributed by atoms with Crippen molar-refractivity contribution in [3.63, 3.8) is 0 Å². The van der Waals surface area contributed by atoms with Crippen molar-refractivity contribution >= 4 is 21.5 Å². The van der Waals surface area contributed by atoms with Gasteiger partial charge in [-0.15, -0.1) is 6.42 Å². The molecule has 3 aromatic rings. The van der Waals surface area contributed by atoms with Crippen LogP contribution in [0, 0.1) is 23.7 Å². The summed E-state index contributed by atoms with van der Waals surface area (Å²) < 4.78 is 35.6. The number of pyridine rings is 2. The highest BCUT2D eigenvalue weighted by Crippen LogP contribution is 2.31. The van der Waals surface area contributed by atoms with Crippen molar-refractivity contribution < 1.29 is 13.2 Å². The molecule has 1 aliphatic rings. The molecule has 10 nitrogen and oxygen atoms in total. The van der Waals surface area contributed by atoms with E-state index in [2.05, 4.69) is 26.8 Å². The van der Waals surface area contributed by atoms with Crippen LogP contribution in [-0.4, -0.2) is 66.7 Å². The van der Waals surface area contributed by atoms with Crippen molar-refractivity contribution in [2.24, 2.45) is 0 Å². The van der Waals surface area contributed by atoms with E-state index in [9.17, 15) is 13.7 Å². The molecule has 33 heavy (non-hydrogen) atoms. The molecule has 0 aromatic carbocycles. The molecule has 0 unspecified atom stereocenters. The number of nitriles is 1. The van der Waals surface area contributed by atoms with Crippen LogP contribution in [0.2, 0.25) is 0 Å². The molecular formula is C22H23N7O3S. The first-order chi connectivity index (χ1) is 16.0. The molecule has 0 saturated carbocycles. The van der Waals surface area contributed by atoms with Crippen LogP contribution in [0.15, 0.2) is 36.8 Å². The Kier molecular flexibility index (Phi) is 6.47. The van der Waals surface area contributed by atoms with Gasteiger partial charge in [0.25, 0.3) is 10.2 Å². The Morgan fingerprint density at radius 2 is 2.03 bits per heavy atom. The number of fused-ring (bicyclic) bond motifs is 1. The highest BCUT2D eigenvalue weighted by molar-refractivity contribution is 7.87. The predicted octanol–water partition coefficient (Wildman–Crippen LogP) is 1.26. The van der Waals surface area contributed by atoms with E-state index >= 15 is 0 Å². The Labute approximate surface area is 192 Å². The number of hydrogen-bond acceptors (Lipinski definition) is 7. The highest BCUT2D eigenvalue weighted by atomic mass is 32.2. The quantitative estimate of drug-likeness (QED) is 0.522. The van der Waals surface area contributed by atoms with Crippen molar-refractivity contribution in [1.82, 2.24) is 23.6 Å². The third kappa shape index (κ3) is 4.61. The molecule has 0 radical (unpaired) electrons. The summed E-state index contributed by atoms with van der Waals surface area (Å²) in [6, 6.07) is 7.88. The molecule has 0 bridgehead atoms. The van der Waals surface area contributed by atoms with Crippen LogP contribution in [-0.2, 0) is 10.2 Å². The summed E-state index contributed by atoms with van der Waals surface area (Å²) in [5.41, 5.74) is 2.77. The molecule has 1 saturated heterocycles. The Morgan fingerprint density at radius 1 is 1.24 bits per heavy atom. The highest BCUT2D eigenvalue weighted by Gasteiger charge is 2.27. The number of aromatic nitrogens is 3. The molecule has 1 fully saturated rings. The number of terminal acetylenes is 1. The van der Waals surface area contributed by atoms with Gasteiger partial charge in [-0.3, -0.25) is 0 Å². The van der Waals surface area contributed by atoms with E-state index in [4.69, 9.17) is 11.2 Å². The third-order valence-corrected chi connectivity index (χ3v) is 6.89. The molecule has 1 N–H and O–H groups in total. The average Bonchev–Trinajstić information content (AvgIpc) is 3.26. The van der Waals surface area contributed by atoms with Gasteiger partial charge < -0.3 is 9.64 Å². The lowest BCUT2D eigenvalue weighted by molar-refractivity contribution is 0.338. The van der Waals surface area contributed by atoms with Gasteiger partial charge in [0, 0.05) is 43.5 Å². The molecule has 0 aliphatic carbocycles. The number of hydrogen-bond donors (Lipinski definition) is 1. The fourth-order valence-electron chi connectivity index (χ4n) is 3.76. The smallest absolute Gasteiger partial charge is 0.280 e.